The maximum atomic E-state index is 13.3. The number of hydrogen-bond donors (Lipinski definition) is 0. The first kappa shape index (κ1) is 19.8. The van der Waals surface area contributed by atoms with Gasteiger partial charge in [0, 0.05) is 29.0 Å². The van der Waals surface area contributed by atoms with Crippen LogP contribution in [0.5, 0.6) is 5.88 Å². The summed E-state index contributed by atoms with van der Waals surface area (Å²) < 4.78 is 42.2. The Morgan fingerprint density at radius 2 is 1.87 bits per heavy atom. The zero-order valence-electron chi connectivity index (χ0n) is 15.1. The van der Waals surface area contributed by atoms with Crippen molar-refractivity contribution in [3.63, 3.8) is 0 Å². The minimum Gasteiger partial charge on any atom is -0.842 e. The third-order valence-corrected chi connectivity index (χ3v) is 4.69. The second kappa shape index (κ2) is 7.42. The van der Waals surface area contributed by atoms with E-state index in [-0.39, 0.29) is 22.8 Å². The van der Waals surface area contributed by atoms with Crippen LogP contribution in [0.4, 0.5) is 13.2 Å². The Morgan fingerprint density at radius 3 is 2.57 bits per heavy atom. The molecule has 3 aromatic heterocycles. The lowest BCUT2D eigenvalue weighted by atomic mass is 10.0. The fourth-order valence-electron chi connectivity index (χ4n) is 3.17. The molecule has 0 saturated heterocycles. The van der Waals surface area contributed by atoms with Gasteiger partial charge in [0.2, 0.25) is 0 Å². The lowest BCUT2D eigenvalue weighted by Gasteiger charge is -2.18. The minimum atomic E-state index is -4.69. The van der Waals surface area contributed by atoms with Crippen molar-refractivity contribution >= 4 is 17.2 Å². The third kappa shape index (κ3) is 3.59. The highest BCUT2D eigenvalue weighted by Gasteiger charge is 2.32. The van der Waals surface area contributed by atoms with Crippen LogP contribution in [0.3, 0.4) is 0 Å². The number of alkyl halides is 3. The van der Waals surface area contributed by atoms with E-state index in [2.05, 4.69) is 9.97 Å². The highest BCUT2D eigenvalue weighted by Crippen LogP contribution is 2.35. The summed E-state index contributed by atoms with van der Waals surface area (Å²) in [5, 5.41) is 13.0. The molecule has 0 fully saturated rings. The summed E-state index contributed by atoms with van der Waals surface area (Å²) >= 11 is 5.86. The van der Waals surface area contributed by atoms with Gasteiger partial charge in [-0.1, -0.05) is 17.7 Å². The fourth-order valence-corrected chi connectivity index (χ4v) is 3.40. The van der Waals surface area contributed by atoms with E-state index in [0.29, 0.717) is 5.56 Å². The van der Waals surface area contributed by atoms with Gasteiger partial charge in [-0.2, -0.15) is 17.6 Å². The molecule has 1 aromatic carbocycles. The fraction of sp³-hybridized carbons (Fsp3) is 0.100. The van der Waals surface area contributed by atoms with Gasteiger partial charge in [0.25, 0.3) is 5.65 Å². The van der Waals surface area contributed by atoms with Crippen molar-refractivity contribution in [1.82, 2.24) is 14.4 Å². The van der Waals surface area contributed by atoms with E-state index in [9.17, 15) is 23.1 Å². The molecular weight excluding hydrogens is 421 g/mol. The zero-order valence-corrected chi connectivity index (χ0v) is 15.9. The van der Waals surface area contributed by atoms with Crippen molar-refractivity contribution in [2.75, 3.05) is 0 Å². The Hall–Kier alpha value is -3.46. The number of rotatable bonds is 3. The summed E-state index contributed by atoms with van der Waals surface area (Å²) in [5.74, 6) is -0.745. The van der Waals surface area contributed by atoms with Crippen LogP contribution in [0.15, 0.2) is 66.1 Å². The van der Waals surface area contributed by atoms with Gasteiger partial charge < -0.3 is 5.11 Å². The average molecular weight is 433 g/mol. The SMILES string of the molecule is O=c1c(-c2cc(Cl)cc(C(F)(F)F)c2)c([O-])[n+](Cc2cncnc2)c2ccccn12. The molecule has 0 unspecified atom stereocenters. The Balaban J connectivity index is 2.02. The molecule has 0 aliphatic heterocycles. The van der Waals surface area contributed by atoms with Gasteiger partial charge in [0.1, 0.15) is 18.4 Å². The van der Waals surface area contributed by atoms with Crippen LogP contribution in [-0.2, 0) is 12.7 Å². The molecular formula is C20H12ClF3N4O2. The van der Waals surface area contributed by atoms with Crippen molar-refractivity contribution in [3.05, 3.63) is 87.8 Å². The van der Waals surface area contributed by atoms with E-state index in [1.165, 1.54) is 40.0 Å². The topological polar surface area (TPSA) is 74.2 Å². The quantitative estimate of drug-likeness (QED) is 0.467. The summed E-state index contributed by atoms with van der Waals surface area (Å²) in [7, 11) is 0. The third-order valence-electron chi connectivity index (χ3n) is 4.48. The maximum Gasteiger partial charge on any atom is 0.416 e. The lowest BCUT2D eigenvalue weighted by Crippen LogP contribution is -2.44. The van der Waals surface area contributed by atoms with Gasteiger partial charge in [-0.25, -0.2) is 19.3 Å². The second-order valence-electron chi connectivity index (χ2n) is 6.47. The van der Waals surface area contributed by atoms with E-state index < -0.39 is 28.7 Å². The van der Waals surface area contributed by atoms with Crippen LogP contribution in [0.1, 0.15) is 11.1 Å². The number of fused-ring (bicyclic) bond motifs is 1. The molecule has 4 aromatic rings. The Morgan fingerprint density at radius 1 is 1.13 bits per heavy atom. The predicted molar refractivity (Wildman–Crippen MR) is 99.9 cm³/mol. The summed E-state index contributed by atoms with van der Waals surface area (Å²) in [5.41, 5.74) is -1.56. The van der Waals surface area contributed by atoms with Gasteiger partial charge in [-0.15, -0.1) is 0 Å². The van der Waals surface area contributed by atoms with E-state index >= 15 is 0 Å². The van der Waals surface area contributed by atoms with Crippen LogP contribution in [0.25, 0.3) is 16.8 Å². The van der Waals surface area contributed by atoms with E-state index in [4.69, 9.17) is 11.6 Å². The highest BCUT2D eigenvalue weighted by molar-refractivity contribution is 6.31. The number of benzene rings is 1. The van der Waals surface area contributed by atoms with E-state index in [1.54, 1.807) is 18.2 Å². The molecule has 0 spiro atoms. The molecule has 152 valence electrons. The van der Waals surface area contributed by atoms with Crippen molar-refractivity contribution in [2.45, 2.75) is 12.7 Å². The first-order chi connectivity index (χ1) is 14.3. The van der Waals surface area contributed by atoms with Crippen LogP contribution in [0, 0.1) is 0 Å². The lowest BCUT2D eigenvalue weighted by molar-refractivity contribution is -0.708. The molecule has 0 radical (unpaired) electrons. The number of halogens is 4. The minimum absolute atomic E-state index is 0.0210. The molecule has 0 amide bonds. The number of pyridine rings is 1. The molecule has 4 rings (SSSR count). The van der Waals surface area contributed by atoms with E-state index in [0.717, 1.165) is 12.1 Å². The first-order valence-corrected chi connectivity index (χ1v) is 9.00. The van der Waals surface area contributed by atoms with Crippen molar-refractivity contribution in [3.8, 4) is 17.0 Å². The Bertz CT molecular complexity index is 1310. The summed E-state index contributed by atoms with van der Waals surface area (Å²) in [4.78, 5) is 20.8. The molecule has 0 atom stereocenters. The molecule has 0 saturated carbocycles. The van der Waals surface area contributed by atoms with Gasteiger partial charge in [0.15, 0.2) is 0 Å². The molecule has 10 heteroatoms. The zero-order chi connectivity index (χ0) is 21.5. The van der Waals surface area contributed by atoms with Crippen LogP contribution in [-0.4, -0.2) is 14.4 Å². The van der Waals surface area contributed by atoms with Crippen molar-refractivity contribution < 1.29 is 22.8 Å². The Labute approximate surface area is 172 Å². The highest BCUT2D eigenvalue weighted by atomic mass is 35.5. The van der Waals surface area contributed by atoms with Crippen LogP contribution < -0.4 is 15.2 Å². The van der Waals surface area contributed by atoms with Crippen molar-refractivity contribution in [1.29, 1.82) is 0 Å². The largest absolute Gasteiger partial charge is 0.842 e. The summed E-state index contributed by atoms with van der Waals surface area (Å²) in [6, 6.07) is 7.44. The second-order valence-corrected chi connectivity index (χ2v) is 6.91. The van der Waals surface area contributed by atoms with Gasteiger partial charge >= 0.3 is 11.7 Å². The van der Waals surface area contributed by atoms with Crippen molar-refractivity contribution in [2.24, 2.45) is 0 Å². The molecule has 0 aliphatic carbocycles. The number of nitrogens with zero attached hydrogens (tertiary/aromatic N) is 4. The van der Waals surface area contributed by atoms with Gasteiger partial charge in [-0.05, 0) is 29.8 Å². The summed E-state index contributed by atoms with van der Waals surface area (Å²) in [6.45, 7) is 0.0210. The predicted octanol–water partition coefficient (Wildman–Crippen LogP) is 2.84. The molecule has 30 heavy (non-hydrogen) atoms. The standard InChI is InChI=1S/C20H12ClF3N4O2/c21-15-6-13(5-14(7-15)20(22,23)24)17-18(29)27-4-2-1-3-16(27)28(19(17)30)10-12-8-25-11-26-9-12/h1-9,11H,10H2. The Kier molecular flexibility index (Phi) is 4.90. The molecule has 3 heterocycles. The van der Waals surface area contributed by atoms with Gasteiger partial charge in [-0.3, -0.25) is 0 Å². The van der Waals surface area contributed by atoms with Gasteiger partial charge in [0.05, 0.1) is 17.6 Å². The first-order valence-electron chi connectivity index (χ1n) is 8.62. The number of aromatic nitrogens is 4. The number of hydrogen-bond acceptors (Lipinski definition) is 4. The molecule has 6 nitrogen and oxygen atoms in total. The smallest absolute Gasteiger partial charge is 0.416 e. The molecule has 0 N–H and O–H groups in total. The van der Waals surface area contributed by atoms with Crippen LogP contribution in [0.2, 0.25) is 5.02 Å². The molecule has 0 bridgehead atoms. The average Bonchev–Trinajstić information content (AvgIpc) is 2.71. The van der Waals surface area contributed by atoms with E-state index in [1.807, 2.05) is 0 Å². The monoisotopic (exact) mass is 432 g/mol. The summed E-state index contributed by atoms with van der Waals surface area (Å²) in [6.07, 6.45) is 1.09. The maximum absolute atomic E-state index is 13.3. The van der Waals surface area contributed by atoms with Crippen LogP contribution >= 0.6 is 11.6 Å². The normalized spacial score (nSPS) is 11.7. The molecule has 0 aliphatic rings.